The van der Waals surface area contributed by atoms with E-state index in [0.29, 0.717) is 0 Å². The fourth-order valence-electron chi connectivity index (χ4n) is 2.10. The van der Waals surface area contributed by atoms with Crippen molar-refractivity contribution in [2.75, 3.05) is 13.6 Å². The van der Waals surface area contributed by atoms with Crippen molar-refractivity contribution in [1.82, 2.24) is 4.90 Å². The number of hydrogen-bond donors (Lipinski definition) is 0. The van der Waals surface area contributed by atoms with Gasteiger partial charge >= 0.3 is 0 Å². The molecule has 0 bridgehead atoms. The van der Waals surface area contributed by atoms with Gasteiger partial charge in [-0.2, -0.15) is 0 Å². The molecule has 0 saturated carbocycles. The van der Waals surface area contributed by atoms with E-state index in [9.17, 15) is 0 Å². The van der Waals surface area contributed by atoms with E-state index in [2.05, 4.69) is 58.2 Å². The lowest BCUT2D eigenvalue weighted by molar-refractivity contribution is 0.421. The van der Waals surface area contributed by atoms with Gasteiger partial charge in [0.1, 0.15) is 0 Å². The molecule has 0 radical (unpaired) electrons. The Morgan fingerprint density at radius 3 is 2.62 bits per heavy atom. The summed E-state index contributed by atoms with van der Waals surface area (Å²) in [6.45, 7) is 1.20. The number of likely N-dealkylation sites (tertiary alicyclic amines) is 1. The van der Waals surface area contributed by atoms with Crippen molar-refractivity contribution in [2.24, 2.45) is 0 Å². The van der Waals surface area contributed by atoms with Gasteiger partial charge in [-0.3, -0.25) is 0 Å². The summed E-state index contributed by atoms with van der Waals surface area (Å²) in [6, 6.07) is 8.53. The van der Waals surface area contributed by atoms with Crippen molar-refractivity contribution in [2.45, 2.75) is 25.7 Å². The molecule has 1 saturated heterocycles. The van der Waals surface area contributed by atoms with Crippen molar-refractivity contribution in [3.05, 3.63) is 40.0 Å². The molecule has 1 aromatic rings. The van der Waals surface area contributed by atoms with Crippen molar-refractivity contribution >= 4 is 22.0 Å². The first-order chi connectivity index (χ1) is 7.75. The van der Waals surface area contributed by atoms with Gasteiger partial charge in [0.2, 0.25) is 0 Å². The fourth-order valence-corrected chi connectivity index (χ4v) is 2.36. The summed E-state index contributed by atoms with van der Waals surface area (Å²) in [5, 5.41) is 0. The zero-order valence-corrected chi connectivity index (χ0v) is 11.3. The summed E-state index contributed by atoms with van der Waals surface area (Å²) in [5.41, 5.74) is 2.77. The predicted molar refractivity (Wildman–Crippen MR) is 73.2 cm³/mol. The molecule has 1 aliphatic heterocycles. The van der Waals surface area contributed by atoms with Gasteiger partial charge in [0.15, 0.2) is 0 Å². The Hall–Kier alpha value is -0.760. The maximum atomic E-state index is 3.46. The monoisotopic (exact) mass is 279 g/mol. The van der Waals surface area contributed by atoms with Crippen LogP contribution in [0, 0.1) is 0 Å². The van der Waals surface area contributed by atoms with Gasteiger partial charge in [-0.05, 0) is 43.0 Å². The second-order valence-corrected chi connectivity index (χ2v) is 5.34. The number of allylic oxidation sites excluding steroid dienone is 1. The highest BCUT2D eigenvalue weighted by atomic mass is 79.9. The highest BCUT2D eigenvalue weighted by Gasteiger charge is 2.08. The molecular formula is C14H18BrN. The zero-order valence-electron chi connectivity index (χ0n) is 9.75. The van der Waals surface area contributed by atoms with E-state index in [1.54, 1.807) is 0 Å². The summed E-state index contributed by atoms with van der Waals surface area (Å²) in [7, 11) is 2.20. The molecule has 16 heavy (non-hydrogen) atoms. The normalized spacial score (nSPS) is 19.9. The third-order valence-corrected chi connectivity index (χ3v) is 3.65. The summed E-state index contributed by atoms with van der Waals surface area (Å²) in [6.07, 6.45) is 7.55. The minimum Gasteiger partial charge on any atom is -0.378 e. The molecule has 2 rings (SSSR count). The molecule has 2 heteroatoms. The highest BCUT2D eigenvalue weighted by Crippen LogP contribution is 2.21. The number of nitrogens with zero attached hydrogens (tertiary/aromatic N) is 1. The lowest BCUT2D eigenvalue weighted by Crippen LogP contribution is -2.16. The number of rotatable bonds is 1. The van der Waals surface area contributed by atoms with Crippen LogP contribution in [0.25, 0.3) is 6.08 Å². The Balaban J connectivity index is 2.17. The van der Waals surface area contributed by atoms with Crippen LogP contribution in [-0.2, 0) is 0 Å². The van der Waals surface area contributed by atoms with E-state index in [-0.39, 0.29) is 0 Å². The molecule has 86 valence electrons. The smallest absolute Gasteiger partial charge is 0.0175 e. The molecule has 0 N–H and O–H groups in total. The van der Waals surface area contributed by atoms with E-state index in [1.807, 2.05) is 0 Å². The van der Waals surface area contributed by atoms with E-state index >= 15 is 0 Å². The van der Waals surface area contributed by atoms with Gasteiger partial charge in [0.05, 0.1) is 0 Å². The molecule has 1 nitrogen and oxygen atoms in total. The maximum absolute atomic E-state index is 3.46. The van der Waals surface area contributed by atoms with Gasteiger partial charge in [0, 0.05) is 23.8 Å². The Bertz CT molecular complexity index is 367. The first-order valence-corrected chi connectivity index (χ1v) is 6.72. The standard InChI is InChI=1S/C14H18BrN/c1-16-10-4-2-3-5-14(16)11-12-6-8-13(15)9-7-12/h6-9,11H,2-5,10H2,1H3/b14-11-. The van der Waals surface area contributed by atoms with Gasteiger partial charge in [-0.15, -0.1) is 0 Å². The molecular weight excluding hydrogens is 262 g/mol. The van der Waals surface area contributed by atoms with E-state index in [0.717, 1.165) is 4.47 Å². The lowest BCUT2D eigenvalue weighted by atomic mass is 10.1. The Morgan fingerprint density at radius 2 is 1.88 bits per heavy atom. The van der Waals surface area contributed by atoms with Crippen molar-refractivity contribution < 1.29 is 0 Å². The number of halogens is 1. The van der Waals surface area contributed by atoms with E-state index < -0.39 is 0 Å². The van der Waals surface area contributed by atoms with Gasteiger partial charge in [-0.25, -0.2) is 0 Å². The molecule has 0 unspecified atom stereocenters. The van der Waals surface area contributed by atoms with Crippen LogP contribution in [0.3, 0.4) is 0 Å². The van der Waals surface area contributed by atoms with Gasteiger partial charge in [0.25, 0.3) is 0 Å². The van der Waals surface area contributed by atoms with E-state index in [1.165, 1.54) is 43.5 Å². The van der Waals surface area contributed by atoms with Gasteiger partial charge < -0.3 is 4.90 Å². The molecule has 1 heterocycles. The second kappa shape index (κ2) is 5.53. The van der Waals surface area contributed by atoms with Crippen molar-refractivity contribution in [1.29, 1.82) is 0 Å². The first-order valence-electron chi connectivity index (χ1n) is 5.93. The molecule has 0 amide bonds. The van der Waals surface area contributed by atoms with E-state index in [4.69, 9.17) is 0 Å². The number of benzene rings is 1. The molecule has 0 aromatic heterocycles. The van der Waals surface area contributed by atoms with Crippen LogP contribution in [-0.4, -0.2) is 18.5 Å². The zero-order chi connectivity index (χ0) is 11.4. The SMILES string of the molecule is CN1CCCCC/C1=C/c1ccc(Br)cc1. The number of hydrogen-bond acceptors (Lipinski definition) is 1. The molecule has 1 aromatic carbocycles. The quantitative estimate of drug-likeness (QED) is 0.741. The maximum Gasteiger partial charge on any atom is 0.0175 e. The third kappa shape index (κ3) is 3.11. The average molecular weight is 280 g/mol. The predicted octanol–water partition coefficient (Wildman–Crippen LogP) is 4.30. The van der Waals surface area contributed by atoms with Crippen LogP contribution >= 0.6 is 15.9 Å². The van der Waals surface area contributed by atoms with Crippen molar-refractivity contribution in [3.63, 3.8) is 0 Å². The van der Waals surface area contributed by atoms with Crippen LogP contribution in [0.5, 0.6) is 0 Å². The summed E-state index contributed by atoms with van der Waals surface area (Å²) in [5.74, 6) is 0. The van der Waals surface area contributed by atoms with Crippen LogP contribution in [0.4, 0.5) is 0 Å². The molecule has 0 aliphatic carbocycles. The molecule has 0 spiro atoms. The van der Waals surface area contributed by atoms with Crippen LogP contribution in [0.2, 0.25) is 0 Å². The molecule has 0 atom stereocenters. The third-order valence-electron chi connectivity index (χ3n) is 3.12. The Kier molecular flexibility index (Phi) is 4.05. The second-order valence-electron chi connectivity index (χ2n) is 4.42. The average Bonchev–Trinajstić information content (AvgIpc) is 2.48. The summed E-state index contributed by atoms with van der Waals surface area (Å²) < 4.78 is 1.14. The topological polar surface area (TPSA) is 3.24 Å². The first kappa shape index (κ1) is 11.7. The minimum atomic E-state index is 1.14. The fraction of sp³-hybridized carbons (Fsp3) is 0.429. The van der Waals surface area contributed by atoms with Crippen LogP contribution in [0.15, 0.2) is 34.4 Å². The lowest BCUT2D eigenvalue weighted by Gasteiger charge is -2.19. The Labute approximate surface area is 106 Å². The summed E-state index contributed by atoms with van der Waals surface area (Å²) in [4.78, 5) is 2.40. The van der Waals surface area contributed by atoms with Gasteiger partial charge in [-0.1, -0.05) is 34.5 Å². The highest BCUT2D eigenvalue weighted by molar-refractivity contribution is 9.10. The Morgan fingerprint density at radius 1 is 1.12 bits per heavy atom. The van der Waals surface area contributed by atoms with Crippen LogP contribution < -0.4 is 0 Å². The van der Waals surface area contributed by atoms with Crippen molar-refractivity contribution in [3.8, 4) is 0 Å². The molecule has 1 fully saturated rings. The molecule has 1 aliphatic rings. The minimum absolute atomic E-state index is 1.14. The van der Waals surface area contributed by atoms with Crippen LogP contribution in [0.1, 0.15) is 31.2 Å². The summed E-state index contributed by atoms with van der Waals surface area (Å²) >= 11 is 3.46. The largest absolute Gasteiger partial charge is 0.378 e.